The highest BCUT2D eigenvalue weighted by atomic mass is 16.4. The van der Waals surface area contributed by atoms with E-state index in [2.05, 4.69) is 15.6 Å². The number of hydrogen-bond acceptors (Lipinski definition) is 7. The van der Waals surface area contributed by atoms with E-state index in [9.17, 15) is 29.4 Å². The summed E-state index contributed by atoms with van der Waals surface area (Å²) in [6, 6.07) is -3.97. The third-order valence-corrected chi connectivity index (χ3v) is 3.66. The van der Waals surface area contributed by atoms with E-state index in [0.717, 1.165) is 0 Å². The van der Waals surface area contributed by atoms with Crippen LogP contribution in [0.4, 0.5) is 0 Å². The number of carboxylic acids is 2. The van der Waals surface area contributed by atoms with Crippen molar-refractivity contribution in [2.75, 3.05) is 6.54 Å². The van der Waals surface area contributed by atoms with Gasteiger partial charge in [0.15, 0.2) is 5.96 Å². The minimum Gasteiger partial charge on any atom is -0.481 e. The number of aliphatic hydroxyl groups excluding tert-OH is 1. The molecule has 0 saturated heterocycles. The third kappa shape index (κ3) is 10.3. The highest BCUT2D eigenvalue weighted by molar-refractivity contribution is 5.92. The highest BCUT2D eigenvalue weighted by Gasteiger charge is 2.29. The average Bonchev–Trinajstić information content (AvgIpc) is 2.59. The van der Waals surface area contributed by atoms with E-state index in [1.807, 2.05) is 0 Å². The fourth-order valence-corrected chi connectivity index (χ4v) is 2.06. The number of nitrogens with two attached hydrogens (primary N) is 3. The van der Waals surface area contributed by atoms with Crippen LogP contribution in [-0.2, 0) is 19.2 Å². The molecular formula is C15H28N6O7. The Labute approximate surface area is 161 Å². The van der Waals surface area contributed by atoms with E-state index in [-0.39, 0.29) is 31.8 Å². The van der Waals surface area contributed by atoms with Gasteiger partial charge in [-0.2, -0.15) is 0 Å². The number of guanidine groups is 1. The lowest BCUT2D eigenvalue weighted by Crippen LogP contribution is -2.56. The van der Waals surface area contributed by atoms with Gasteiger partial charge in [-0.05, 0) is 26.2 Å². The van der Waals surface area contributed by atoms with Crippen LogP contribution < -0.4 is 27.8 Å². The number of carbonyl (C=O) groups is 4. The number of rotatable bonds is 13. The summed E-state index contributed by atoms with van der Waals surface area (Å²) in [6.45, 7) is 1.43. The Bertz CT molecular complexity index is 591. The van der Waals surface area contributed by atoms with Gasteiger partial charge in [-0.15, -0.1) is 0 Å². The number of nitrogens with zero attached hydrogens (tertiary/aromatic N) is 1. The van der Waals surface area contributed by atoms with Gasteiger partial charge in [0.2, 0.25) is 11.8 Å². The number of hydrogen-bond donors (Lipinski definition) is 8. The Morgan fingerprint density at radius 1 is 1.00 bits per heavy atom. The van der Waals surface area contributed by atoms with Gasteiger partial charge >= 0.3 is 11.9 Å². The van der Waals surface area contributed by atoms with Crippen molar-refractivity contribution in [1.29, 1.82) is 0 Å². The summed E-state index contributed by atoms with van der Waals surface area (Å²) in [4.78, 5) is 50.2. The van der Waals surface area contributed by atoms with Crippen LogP contribution in [-0.4, -0.2) is 75.8 Å². The number of aliphatic hydroxyl groups is 1. The zero-order valence-electron chi connectivity index (χ0n) is 15.5. The standard InChI is InChI=1S/C15H28N6O7/c1-7(22)11(16)13(26)20-8(4-5-10(23)24)12(25)21-9(14(27)28)3-2-6-19-15(17)18/h7-9,11,22H,2-6,16H2,1H3,(H,20,26)(H,21,25)(H,23,24)(H,27,28)(H4,17,18,19). The molecule has 0 aliphatic carbocycles. The van der Waals surface area contributed by atoms with Gasteiger partial charge in [-0.3, -0.25) is 19.4 Å². The molecule has 28 heavy (non-hydrogen) atoms. The number of nitrogens with one attached hydrogen (secondary N) is 2. The summed E-state index contributed by atoms with van der Waals surface area (Å²) in [5, 5.41) is 31.9. The van der Waals surface area contributed by atoms with Crippen LogP contribution in [0.15, 0.2) is 4.99 Å². The summed E-state index contributed by atoms with van der Waals surface area (Å²) < 4.78 is 0. The predicted molar refractivity (Wildman–Crippen MR) is 97.9 cm³/mol. The first-order valence-corrected chi connectivity index (χ1v) is 8.50. The van der Waals surface area contributed by atoms with E-state index >= 15 is 0 Å². The van der Waals surface area contributed by atoms with Crippen molar-refractivity contribution >= 4 is 29.7 Å². The lowest BCUT2D eigenvalue weighted by Gasteiger charge is -2.23. The molecular weight excluding hydrogens is 376 g/mol. The second kappa shape index (κ2) is 12.5. The molecule has 0 bridgehead atoms. The maximum atomic E-state index is 12.4. The summed E-state index contributed by atoms with van der Waals surface area (Å²) in [6.07, 6.45) is -1.69. The van der Waals surface area contributed by atoms with Crippen LogP contribution >= 0.6 is 0 Å². The summed E-state index contributed by atoms with van der Waals surface area (Å²) >= 11 is 0. The molecule has 4 unspecified atom stereocenters. The first-order chi connectivity index (χ1) is 13.0. The second-order valence-electron chi connectivity index (χ2n) is 6.11. The minimum atomic E-state index is -1.34. The van der Waals surface area contributed by atoms with Crippen molar-refractivity contribution in [2.24, 2.45) is 22.2 Å². The van der Waals surface area contributed by atoms with E-state index < -0.39 is 54.4 Å². The van der Waals surface area contributed by atoms with Gasteiger partial charge in [-0.1, -0.05) is 0 Å². The van der Waals surface area contributed by atoms with E-state index in [0.29, 0.717) is 0 Å². The van der Waals surface area contributed by atoms with Crippen LogP contribution in [0.3, 0.4) is 0 Å². The molecule has 0 aliphatic heterocycles. The van der Waals surface area contributed by atoms with Crippen LogP contribution in [0, 0.1) is 0 Å². The Morgan fingerprint density at radius 2 is 1.57 bits per heavy atom. The summed E-state index contributed by atoms with van der Waals surface area (Å²) in [5.74, 6) is -4.44. The van der Waals surface area contributed by atoms with Crippen LogP contribution in [0.2, 0.25) is 0 Å². The van der Waals surface area contributed by atoms with Crippen LogP contribution in [0.5, 0.6) is 0 Å². The fourth-order valence-electron chi connectivity index (χ4n) is 2.06. The Kier molecular flexibility index (Phi) is 11.2. The molecule has 0 aromatic rings. The van der Waals surface area contributed by atoms with E-state index in [4.69, 9.17) is 22.3 Å². The Balaban J connectivity index is 5.05. The van der Waals surface area contributed by atoms with Crippen molar-refractivity contribution in [1.82, 2.24) is 10.6 Å². The van der Waals surface area contributed by atoms with Gasteiger partial charge in [-0.25, -0.2) is 4.79 Å². The zero-order valence-corrected chi connectivity index (χ0v) is 15.5. The lowest BCUT2D eigenvalue weighted by molar-refractivity contribution is -0.143. The van der Waals surface area contributed by atoms with Crippen molar-refractivity contribution in [3.8, 4) is 0 Å². The van der Waals surface area contributed by atoms with Gasteiger partial charge < -0.3 is 43.2 Å². The monoisotopic (exact) mass is 404 g/mol. The first kappa shape index (κ1) is 25.1. The molecule has 0 aromatic carbocycles. The van der Waals surface area contributed by atoms with Crippen molar-refractivity contribution < 1.29 is 34.5 Å². The van der Waals surface area contributed by atoms with Crippen molar-refractivity contribution in [2.45, 2.75) is 56.8 Å². The Morgan fingerprint density at radius 3 is 2.04 bits per heavy atom. The minimum absolute atomic E-state index is 0.00460. The molecule has 0 heterocycles. The average molecular weight is 404 g/mol. The van der Waals surface area contributed by atoms with Gasteiger partial charge in [0, 0.05) is 13.0 Å². The fraction of sp³-hybridized carbons (Fsp3) is 0.667. The molecule has 160 valence electrons. The van der Waals surface area contributed by atoms with E-state index in [1.165, 1.54) is 6.92 Å². The number of carboxylic acid groups (broad SMARTS) is 2. The van der Waals surface area contributed by atoms with Gasteiger partial charge in [0.1, 0.15) is 18.1 Å². The normalized spacial score (nSPS) is 14.8. The molecule has 0 aromatic heterocycles. The molecule has 13 heteroatoms. The summed E-state index contributed by atoms with van der Waals surface area (Å²) in [7, 11) is 0. The zero-order chi connectivity index (χ0) is 21.9. The molecule has 0 aliphatic rings. The smallest absolute Gasteiger partial charge is 0.326 e. The molecule has 11 N–H and O–H groups in total. The highest BCUT2D eigenvalue weighted by Crippen LogP contribution is 2.04. The molecule has 0 fully saturated rings. The number of amides is 2. The second-order valence-corrected chi connectivity index (χ2v) is 6.11. The lowest BCUT2D eigenvalue weighted by atomic mass is 10.1. The molecule has 2 amide bonds. The molecule has 0 saturated carbocycles. The topological polar surface area (TPSA) is 243 Å². The summed E-state index contributed by atoms with van der Waals surface area (Å²) in [5.41, 5.74) is 15.8. The van der Waals surface area contributed by atoms with Gasteiger partial charge in [0.25, 0.3) is 0 Å². The molecule has 13 nitrogen and oxygen atoms in total. The van der Waals surface area contributed by atoms with Crippen LogP contribution in [0.25, 0.3) is 0 Å². The molecule has 0 rings (SSSR count). The maximum Gasteiger partial charge on any atom is 0.326 e. The van der Waals surface area contributed by atoms with Crippen molar-refractivity contribution in [3.63, 3.8) is 0 Å². The van der Waals surface area contributed by atoms with E-state index in [1.54, 1.807) is 0 Å². The Hall–Kier alpha value is -2.93. The SMILES string of the molecule is CC(O)C(N)C(=O)NC(CCC(=O)O)C(=O)NC(CCCN=C(N)N)C(=O)O. The van der Waals surface area contributed by atoms with Crippen molar-refractivity contribution in [3.05, 3.63) is 0 Å². The predicted octanol–water partition coefficient (Wildman–Crippen LogP) is -3.33. The molecule has 0 spiro atoms. The quantitative estimate of drug-likeness (QED) is 0.0861. The third-order valence-electron chi connectivity index (χ3n) is 3.66. The first-order valence-electron chi connectivity index (χ1n) is 8.50. The maximum absolute atomic E-state index is 12.4. The largest absolute Gasteiger partial charge is 0.481 e. The number of aliphatic carboxylic acids is 2. The van der Waals surface area contributed by atoms with Gasteiger partial charge in [0.05, 0.1) is 6.10 Å². The molecule has 4 atom stereocenters. The van der Waals surface area contributed by atoms with Crippen LogP contribution in [0.1, 0.15) is 32.6 Å². The molecule has 0 radical (unpaired) electrons. The number of carbonyl (C=O) groups excluding carboxylic acids is 2. The number of aliphatic imine (C=N–C) groups is 1.